The minimum absolute atomic E-state index is 0.134. The topological polar surface area (TPSA) is 88.2 Å². The fourth-order valence-corrected chi connectivity index (χ4v) is 3.10. The molecular formula is C13H18N4O3S. The maximum absolute atomic E-state index is 12.5. The molecule has 0 aliphatic heterocycles. The third-order valence-corrected chi connectivity index (χ3v) is 4.79. The number of aromatic amines is 1. The van der Waals surface area contributed by atoms with Crippen molar-refractivity contribution in [2.24, 2.45) is 0 Å². The summed E-state index contributed by atoms with van der Waals surface area (Å²) in [7, 11) is -2.08. The lowest BCUT2D eigenvalue weighted by molar-refractivity contribution is 0.337. The lowest BCUT2D eigenvalue weighted by Gasteiger charge is -2.17. The lowest BCUT2D eigenvalue weighted by atomic mass is 10.2. The monoisotopic (exact) mass is 310 g/mol. The molecule has 0 spiro atoms. The minimum Gasteiger partial charge on any atom is -0.494 e. The van der Waals surface area contributed by atoms with Crippen LogP contribution in [0.15, 0.2) is 29.4 Å². The highest BCUT2D eigenvalue weighted by Gasteiger charge is 2.22. The number of nitrogens with zero attached hydrogens (tertiary/aromatic N) is 3. The predicted molar refractivity (Wildman–Crippen MR) is 77.4 cm³/mol. The van der Waals surface area contributed by atoms with Crippen molar-refractivity contribution >= 4 is 10.0 Å². The number of rotatable bonds is 6. The van der Waals surface area contributed by atoms with Gasteiger partial charge in [-0.25, -0.2) is 13.4 Å². The van der Waals surface area contributed by atoms with Gasteiger partial charge >= 0.3 is 0 Å². The first-order valence-electron chi connectivity index (χ1n) is 6.49. The van der Waals surface area contributed by atoms with Crippen molar-refractivity contribution in [1.82, 2.24) is 19.5 Å². The van der Waals surface area contributed by atoms with Crippen molar-refractivity contribution in [2.75, 3.05) is 13.7 Å². The summed E-state index contributed by atoms with van der Waals surface area (Å²) in [5, 5.41) is 6.34. The standard InChI is InChI=1S/C13H18N4O3S/c1-4-20-12-6-5-11(7-10(12)2)21(18,19)17(3)8-13-14-9-15-16-13/h5-7,9H,4,8H2,1-3H3,(H,14,15,16). The number of benzene rings is 1. The number of hydrogen-bond donors (Lipinski definition) is 1. The fourth-order valence-electron chi connectivity index (χ4n) is 1.88. The van der Waals surface area contributed by atoms with Crippen LogP contribution >= 0.6 is 0 Å². The Balaban J connectivity index is 2.24. The molecule has 1 aromatic carbocycles. The Morgan fingerprint density at radius 1 is 1.38 bits per heavy atom. The first-order valence-corrected chi connectivity index (χ1v) is 7.93. The van der Waals surface area contributed by atoms with E-state index in [-0.39, 0.29) is 11.4 Å². The van der Waals surface area contributed by atoms with Gasteiger partial charge < -0.3 is 4.74 Å². The van der Waals surface area contributed by atoms with E-state index in [0.29, 0.717) is 18.2 Å². The normalized spacial score (nSPS) is 11.8. The number of ether oxygens (including phenoxy) is 1. The van der Waals surface area contributed by atoms with Crippen molar-refractivity contribution in [1.29, 1.82) is 0 Å². The summed E-state index contributed by atoms with van der Waals surface area (Å²) in [6.45, 7) is 4.38. The number of aryl methyl sites for hydroxylation is 1. The largest absolute Gasteiger partial charge is 0.494 e. The van der Waals surface area contributed by atoms with E-state index in [9.17, 15) is 8.42 Å². The van der Waals surface area contributed by atoms with Gasteiger partial charge in [0.25, 0.3) is 0 Å². The lowest BCUT2D eigenvalue weighted by Crippen LogP contribution is -2.27. The van der Waals surface area contributed by atoms with Crippen LogP contribution in [-0.2, 0) is 16.6 Å². The fraction of sp³-hybridized carbons (Fsp3) is 0.385. The van der Waals surface area contributed by atoms with E-state index in [1.54, 1.807) is 18.2 Å². The molecule has 0 unspecified atom stereocenters. The molecule has 0 aliphatic carbocycles. The average molecular weight is 310 g/mol. The minimum atomic E-state index is -3.58. The third kappa shape index (κ3) is 3.40. The van der Waals surface area contributed by atoms with Gasteiger partial charge in [0.05, 0.1) is 18.0 Å². The molecule has 1 aromatic heterocycles. The second-order valence-corrected chi connectivity index (χ2v) is 6.60. The Kier molecular flexibility index (Phi) is 4.59. The van der Waals surface area contributed by atoms with Gasteiger partial charge in [-0.1, -0.05) is 0 Å². The number of nitrogens with one attached hydrogen (secondary N) is 1. The van der Waals surface area contributed by atoms with Crippen LogP contribution in [0.1, 0.15) is 18.3 Å². The van der Waals surface area contributed by atoms with Crippen LogP contribution in [0.4, 0.5) is 0 Å². The van der Waals surface area contributed by atoms with Gasteiger partial charge in [0.1, 0.15) is 17.9 Å². The second kappa shape index (κ2) is 6.23. The summed E-state index contributed by atoms with van der Waals surface area (Å²) in [5.41, 5.74) is 0.783. The van der Waals surface area contributed by atoms with Crippen LogP contribution in [0, 0.1) is 6.92 Å². The Bertz CT molecular complexity index is 698. The molecule has 0 radical (unpaired) electrons. The summed E-state index contributed by atoms with van der Waals surface area (Å²) >= 11 is 0. The average Bonchev–Trinajstić information content (AvgIpc) is 2.94. The maximum atomic E-state index is 12.5. The first-order chi connectivity index (χ1) is 9.95. The molecule has 0 amide bonds. The van der Waals surface area contributed by atoms with E-state index in [1.807, 2.05) is 13.8 Å². The molecule has 1 N–H and O–H groups in total. The summed E-state index contributed by atoms with van der Waals surface area (Å²) < 4.78 is 31.6. The molecule has 0 saturated carbocycles. The highest BCUT2D eigenvalue weighted by molar-refractivity contribution is 7.89. The molecule has 1 heterocycles. The van der Waals surface area contributed by atoms with Crippen molar-refractivity contribution in [3.63, 3.8) is 0 Å². The van der Waals surface area contributed by atoms with E-state index >= 15 is 0 Å². The van der Waals surface area contributed by atoms with E-state index in [0.717, 1.165) is 5.56 Å². The molecule has 0 aliphatic rings. The molecule has 0 fully saturated rings. The van der Waals surface area contributed by atoms with Crippen LogP contribution in [0.5, 0.6) is 5.75 Å². The third-order valence-electron chi connectivity index (χ3n) is 2.99. The van der Waals surface area contributed by atoms with Crippen LogP contribution in [0.2, 0.25) is 0 Å². The zero-order chi connectivity index (χ0) is 15.5. The molecule has 114 valence electrons. The van der Waals surface area contributed by atoms with Crippen LogP contribution < -0.4 is 4.74 Å². The van der Waals surface area contributed by atoms with Crippen molar-refractivity contribution < 1.29 is 13.2 Å². The van der Waals surface area contributed by atoms with Crippen molar-refractivity contribution in [3.05, 3.63) is 35.9 Å². The van der Waals surface area contributed by atoms with Gasteiger partial charge in [0, 0.05) is 7.05 Å². The Morgan fingerprint density at radius 2 is 2.14 bits per heavy atom. The maximum Gasteiger partial charge on any atom is 0.243 e. The van der Waals surface area contributed by atoms with Crippen LogP contribution in [0.25, 0.3) is 0 Å². The second-order valence-electron chi connectivity index (χ2n) is 4.55. The number of H-pyrrole nitrogens is 1. The quantitative estimate of drug-likeness (QED) is 0.869. The molecule has 2 aromatic rings. The van der Waals surface area contributed by atoms with Gasteiger partial charge in [-0.2, -0.15) is 9.40 Å². The molecule has 8 heteroatoms. The predicted octanol–water partition coefficient (Wildman–Crippen LogP) is 1.33. The number of aromatic nitrogens is 3. The number of hydrogen-bond acceptors (Lipinski definition) is 5. The smallest absolute Gasteiger partial charge is 0.243 e. The van der Waals surface area contributed by atoms with Crippen LogP contribution in [-0.4, -0.2) is 41.6 Å². The highest BCUT2D eigenvalue weighted by atomic mass is 32.2. The van der Waals surface area contributed by atoms with Gasteiger partial charge in [0.15, 0.2) is 0 Å². The molecule has 21 heavy (non-hydrogen) atoms. The van der Waals surface area contributed by atoms with Crippen LogP contribution in [0.3, 0.4) is 0 Å². The van der Waals surface area contributed by atoms with Gasteiger partial charge in [-0.05, 0) is 37.6 Å². The van der Waals surface area contributed by atoms with Crippen molar-refractivity contribution in [2.45, 2.75) is 25.3 Å². The molecule has 0 saturated heterocycles. The van der Waals surface area contributed by atoms with Gasteiger partial charge in [-0.15, -0.1) is 0 Å². The Labute approximate surface area is 124 Å². The Morgan fingerprint density at radius 3 is 2.71 bits per heavy atom. The summed E-state index contributed by atoms with van der Waals surface area (Å²) in [6, 6.07) is 4.83. The van der Waals surface area contributed by atoms with Gasteiger partial charge in [0.2, 0.25) is 10.0 Å². The first kappa shape index (κ1) is 15.5. The zero-order valence-corrected chi connectivity index (χ0v) is 13.0. The number of sulfonamides is 1. The Hall–Kier alpha value is -1.93. The summed E-state index contributed by atoms with van der Waals surface area (Å²) in [6.07, 6.45) is 1.34. The zero-order valence-electron chi connectivity index (χ0n) is 12.2. The van der Waals surface area contributed by atoms with Gasteiger partial charge in [-0.3, -0.25) is 5.10 Å². The van der Waals surface area contributed by atoms with E-state index in [4.69, 9.17) is 4.74 Å². The molecule has 7 nitrogen and oxygen atoms in total. The van der Waals surface area contributed by atoms with Crippen molar-refractivity contribution in [3.8, 4) is 5.75 Å². The van der Waals surface area contributed by atoms with E-state index < -0.39 is 10.0 Å². The molecule has 2 rings (SSSR count). The molecule has 0 bridgehead atoms. The van der Waals surface area contributed by atoms with E-state index in [2.05, 4.69) is 15.2 Å². The summed E-state index contributed by atoms with van der Waals surface area (Å²) in [4.78, 5) is 4.15. The summed E-state index contributed by atoms with van der Waals surface area (Å²) in [5.74, 6) is 1.18. The SMILES string of the molecule is CCOc1ccc(S(=O)(=O)N(C)Cc2ncn[nH]2)cc1C. The highest BCUT2D eigenvalue weighted by Crippen LogP contribution is 2.24. The molecule has 0 atom stereocenters. The molecular weight excluding hydrogens is 292 g/mol. The van der Waals surface area contributed by atoms with E-state index in [1.165, 1.54) is 17.7 Å².